The van der Waals surface area contributed by atoms with Crippen molar-refractivity contribution in [2.75, 3.05) is 6.54 Å². The molecule has 0 aliphatic carbocycles. The van der Waals surface area contributed by atoms with E-state index in [4.69, 9.17) is 5.73 Å². The number of hydrogen-bond acceptors (Lipinski definition) is 2. The summed E-state index contributed by atoms with van der Waals surface area (Å²) in [5.41, 5.74) is 5.11. The summed E-state index contributed by atoms with van der Waals surface area (Å²) in [6.07, 6.45) is 0. The Morgan fingerprint density at radius 1 is 2.00 bits per heavy atom. The predicted molar refractivity (Wildman–Crippen MR) is 21.0 cm³/mol. The summed E-state index contributed by atoms with van der Waals surface area (Å²) in [4.78, 5) is 9.99. The molecule has 0 aromatic carbocycles. The third-order valence-corrected chi connectivity index (χ3v) is 0.833. The number of β-lactam (4-membered cyclic amide) rings is 1. The number of carbonyl (C=O) groups is 1. The van der Waals surface area contributed by atoms with Gasteiger partial charge in [-0.2, -0.15) is 0 Å². The van der Waals surface area contributed by atoms with Gasteiger partial charge >= 0.3 is 0 Å². The largest absolute Gasteiger partial charge is 0.353 e. The minimum Gasteiger partial charge on any atom is -0.353 e. The Morgan fingerprint density at radius 3 is 2.50 bits per heavy atom. The second-order valence-corrected chi connectivity index (χ2v) is 1.35. The average molecular weight is 86.1 g/mol. The van der Waals surface area contributed by atoms with Crippen molar-refractivity contribution in [1.82, 2.24) is 5.32 Å². The molecule has 1 saturated heterocycles. The quantitative estimate of drug-likeness (QED) is 0.350. The van der Waals surface area contributed by atoms with Crippen LogP contribution in [0.1, 0.15) is 0 Å². The second kappa shape index (κ2) is 0.944. The summed E-state index contributed by atoms with van der Waals surface area (Å²) in [6.45, 7) is 0.652. The molecule has 34 valence electrons. The molecule has 1 aliphatic heterocycles. The van der Waals surface area contributed by atoms with Crippen molar-refractivity contribution in [2.24, 2.45) is 5.73 Å². The van der Waals surface area contributed by atoms with Gasteiger partial charge in [0.05, 0.1) is 0 Å². The zero-order chi connectivity index (χ0) is 4.57. The van der Waals surface area contributed by atoms with Crippen LogP contribution in [-0.4, -0.2) is 18.5 Å². The summed E-state index contributed by atoms with van der Waals surface area (Å²) in [5, 5.41) is 2.49. The molecule has 3 nitrogen and oxygen atoms in total. The molecule has 0 aromatic heterocycles. The van der Waals surface area contributed by atoms with Crippen LogP contribution in [0.4, 0.5) is 0 Å². The van der Waals surface area contributed by atoms with E-state index in [1.807, 2.05) is 0 Å². The molecule has 1 fully saturated rings. The zero-order valence-corrected chi connectivity index (χ0v) is 3.27. The molecule has 3 heteroatoms. The summed E-state index contributed by atoms with van der Waals surface area (Å²) < 4.78 is 0. The Bertz CT molecular complexity index is 80.9. The molecule has 1 heterocycles. The topological polar surface area (TPSA) is 55.1 Å². The Labute approximate surface area is 35.5 Å². The smallest absolute Gasteiger partial charge is 0.238 e. The summed E-state index contributed by atoms with van der Waals surface area (Å²) in [6, 6.07) is -0.218. The van der Waals surface area contributed by atoms with Crippen molar-refractivity contribution in [2.45, 2.75) is 6.04 Å². The maximum atomic E-state index is 9.99. The van der Waals surface area contributed by atoms with Gasteiger partial charge in [0.1, 0.15) is 6.04 Å². The summed E-state index contributed by atoms with van der Waals surface area (Å²) in [5.74, 6) is -0.0324. The van der Waals surface area contributed by atoms with Crippen LogP contribution in [0.3, 0.4) is 0 Å². The van der Waals surface area contributed by atoms with E-state index in [2.05, 4.69) is 5.32 Å². The van der Waals surface area contributed by atoms with E-state index in [-0.39, 0.29) is 11.9 Å². The van der Waals surface area contributed by atoms with E-state index in [1.54, 1.807) is 0 Å². The molecule has 0 aromatic rings. The lowest BCUT2D eigenvalue weighted by Crippen LogP contribution is -2.58. The highest BCUT2D eigenvalue weighted by Crippen LogP contribution is 1.85. The fraction of sp³-hybridized carbons (Fsp3) is 0.667. The van der Waals surface area contributed by atoms with Gasteiger partial charge in [-0.05, 0) is 0 Å². The van der Waals surface area contributed by atoms with Gasteiger partial charge in [-0.25, -0.2) is 0 Å². The molecule has 1 aliphatic rings. The fourth-order valence-electron chi connectivity index (χ4n) is 0.303. The third-order valence-electron chi connectivity index (χ3n) is 0.833. The lowest BCUT2D eigenvalue weighted by Gasteiger charge is -2.20. The Morgan fingerprint density at radius 2 is 2.50 bits per heavy atom. The lowest BCUT2D eigenvalue weighted by molar-refractivity contribution is -0.127. The van der Waals surface area contributed by atoms with Crippen LogP contribution in [0.25, 0.3) is 0 Å². The molecule has 3 N–H and O–H groups in total. The molecule has 1 atom stereocenters. The Kier molecular flexibility index (Phi) is 0.569. The maximum Gasteiger partial charge on any atom is 0.238 e. The van der Waals surface area contributed by atoms with Gasteiger partial charge in [-0.1, -0.05) is 0 Å². The molecule has 0 radical (unpaired) electrons. The SMILES string of the molecule is N[C@@H]1CNC1=O. The van der Waals surface area contributed by atoms with E-state index < -0.39 is 0 Å². The first-order valence-corrected chi connectivity index (χ1v) is 1.84. The van der Waals surface area contributed by atoms with Crippen molar-refractivity contribution >= 4 is 5.91 Å². The summed E-state index contributed by atoms with van der Waals surface area (Å²) >= 11 is 0. The standard InChI is InChI=1S/C3H6N2O/c4-2-1-5-3(2)6/h2H,1,4H2,(H,5,6)/t2-/m1/s1. The van der Waals surface area contributed by atoms with Crippen LogP contribution < -0.4 is 11.1 Å². The van der Waals surface area contributed by atoms with Gasteiger partial charge in [0.25, 0.3) is 0 Å². The lowest BCUT2D eigenvalue weighted by atomic mass is 10.2. The van der Waals surface area contributed by atoms with Crippen LogP contribution in [-0.2, 0) is 4.79 Å². The third kappa shape index (κ3) is 0.285. The first-order valence-electron chi connectivity index (χ1n) is 1.84. The van der Waals surface area contributed by atoms with E-state index >= 15 is 0 Å². The van der Waals surface area contributed by atoms with Gasteiger partial charge in [-0.15, -0.1) is 0 Å². The number of rotatable bonds is 0. The van der Waals surface area contributed by atoms with Crippen molar-refractivity contribution in [3.05, 3.63) is 0 Å². The van der Waals surface area contributed by atoms with Gasteiger partial charge in [-0.3, -0.25) is 4.79 Å². The number of hydrogen-bond donors (Lipinski definition) is 2. The number of carbonyl (C=O) groups excluding carboxylic acids is 1. The molecule has 0 bridgehead atoms. The van der Waals surface area contributed by atoms with E-state index in [0.29, 0.717) is 6.54 Å². The highest BCUT2D eigenvalue weighted by molar-refractivity contribution is 5.87. The van der Waals surface area contributed by atoms with Crippen LogP contribution in [0.5, 0.6) is 0 Å². The van der Waals surface area contributed by atoms with Gasteiger partial charge in [0.2, 0.25) is 5.91 Å². The normalized spacial score (nSPS) is 31.5. The van der Waals surface area contributed by atoms with Crippen LogP contribution in [0.2, 0.25) is 0 Å². The Hall–Kier alpha value is -0.570. The second-order valence-electron chi connectivity index (χ2n) is 1.35. The molecule has 0 unspecified atom stereocenters. The first-order chi connectivity index (χ1) is 2.80. The van der Waals surface area contributed by atoms with E-state index in [1.165, 1.54) is 0 Å². The molecule has 1 amide bonds. The zero-order valence-electron chi connectivity index (χ0n) is 3.27. The Balaban J connectivity index is 2.39. The minimum absolute atomic E-state index is 0.0324. The van der Waals surface area contributed by atoms with Crippen LogP contribution in [0, 0.1) is 0 Å². The molecule has 1 rings (SSSR count). The van der Waals surface area contributed by atoms with Gasteiger partial charge in [0.15, 0.2) is 0 Å². The van der Waals surface area contributed by atoms with Crippen molar-refractivity contribution in [1.29, 1.82) is 0 Å². The van der Waals surface area contributed by atoms with E-state index in [0.717, 1.165) is 0 Å². The van der Waals surface area contributed by atoms with Crippen molar-refractivity contribution < 1.29 is 4.79 Å². The van der Waals surface area contributed by atoms with Crippen molar-refractivity contribution in [3.8, 4) is 0 Å². The average Bonchev–Trinajstić information content (AvgIpc) is 1.61. The first kappa shape index (κ1) is 3.61. The minimum atomic E-state index is -0.218. The van der Waals surface area contributed by atoms with Gasteiger partial charge < -0.3 is 11.1 Å². The monoisotopic (exact) mass is 86.0 g/mol. The van der Waals surface area contributed by atoms with Crippen LogP contribution >= 0.6 is 0 Å². The predicted octanol–water partition coefficient (Wildman–Crippen LogP) is -1.56. The van der Waals surface area contributed by atoms with Crippen LogP contribution in [0.15, 0.2) is 0 Å². The fourth-order valence-corrected chi connectivity index (χ4v) is 0.303. The molecule has 0 spiro atoms. The molecule has 6 heavy (non-hydrogen) atoms. The number of nitrogens with one attached hydrogen (secondary N) is 1. The molecule has 0 saturated carbocycles. The highest BCUT2D eigenvalue weighted by Gasteiger charge is 2.21. The molecular formula is C3H6N2O. The van der Waals surface area contributed by atoms with Gasteiger partial charge in [0, 0.05) is 6.54 Å². The summed E-state index contributed by atoms with van der Waals surface area (Å²) in [7, 11) is 0. The maximum absolute atomic E-state index is 9.99. The molecular weight excluding hydrogens is 80.0 g/mol. The van der Waals surface area contributed by atoms with E-state index in [9.17, 15) is 4.79 Å². The highest BCUT2D eigenvalue weighted by atomic mass is 16.2. The van der Waals surface area contributed by atoms with Crippen molar-refractivity contribution in [3.63, 3.8) is 0 Å². The number of amides is 1. The number of nitrogens with two attached hydrogens (primary N) is 1.